The zero-order valence-corrected chi connectivity index (χ0v) is 70.3. The SMILES string of the molecule is CNC(=NC(=N)c1ccc2c(c1)C(c1cc(-c3cc(-c4ccccc4)cc(-c4ccccc4)c3)cc(-c3cc(-c4ccccc4)cc(-c4ccccc4)c3)c1)(c1cc(-c3cc(-c4ccccc4)cc(-c4ccccc4)c3)cc(-c3cc(-c4ccccc4)cc(-c4ccccc4)c3)c1)c1ccccc1-2)c1cccc(-c2cc(-c3ccccc3)cc(-c3ccccc3)c2)c1. The molecule has 2 N–H and O–H groups in total. The van der Waals surface area contributed by atoms with E-state index in [-0.39, 0.29) is 5.84 Å². The number of fused-ring (bicyclic) bond motifs is 3. The van der Waals surface area contributed by atoms with Gasteiger partial charge in [0, 0.05) is 18.2 Å². The molecule has 0 heterocycles. The second-order valence-corrected chi connectivity index (χ2v) is 32.9. The average molecular weight is 1620 g/mol. The molecular weight excluding hydrogens is 1530 g/mol. The molecule has 598 valence electrons. The largest absolute Gasteiger partial charge is 0.373 e. The molecular formula is C124H87N3. The van der Waals surface area contributed by atoms with Crippen LogP contribution in [0.1, 0.15) is 33.4 Å². The first-order chi connectivity index (χ1) is 62.7. The van der Waals surface area contributed by atoms with Crippen LogP contribution in [0.4, 0.5) is 0 Å². The van der Waals surface area contributed by atoms with Gasteiger partial charge in [-0.1, -0.05) is 358 Å². The first-order valence-electron chi connectivity index (χ1n) is 43.6. The lowest BCUT2D eigenvalue weighted by atomic mass is 9.65. The van der Waals surface area contributed by atoms with Crippen LogP contribution in [0.2, 0.25) is 0 Å². The van der Waals surface area contributed by atoms with Crippen molar-refractivity contribution in [2.75, 3.05) is 7.05 Å². The van der Waals surface area contributed by atoms with Crippen LogP contribution in [-0.4, -0.2) is 18.7 Å². The summed E-state index contributed by atoms with van der Waals surface area (Å²) in [5.74, 6) is 0.679. The summed E-state index contributed by atoms with van der Waals surface area (Å²) in [6.07, 6.45) is 0. The molecule has 127 heavy (non-hydrogen) atoms. The van der Waals surface area contributed by atoms with Gasteiger partial charge < -0.3 is 5.32 Å². The Morgan fingerprint density at radius 3 is 0.654 bits per heavy atom. The Kier molecular flexibility index (Phi) is 21.1. The Hall–Kier alpha value is -16.5. The molecule has 0 aliphatic heterocycles. The van der Waals surface area contributed by atoms with Crippen LogP contribution in [0.3, 0.4) is 0 Å². The Labute approximate surface area is 743 Å². The molecule has 0 amide bonds. The standard InChI is InChI=1S/C124H87N3/c1-126-123(96-56-34-55-94(61-96)107-67-97(84-35-12-2-13-36-84)62-98(68-107)85-37-14-3-15-38-85)127-122(125)95-59-60-119-118-57-32-33-58-120(118)124(121(119)83-95,116-79-112(108-69-99(86-39-16-4-17-40-86)63-100(70-108)87-41-18-5-19-42-87)77-113(80-116)109-71-101(88-43-20-6-21-44-88)64-102(72-109)89-45-22-7-23-46-89)117-81-114(110-73-103(90-47-24-8-25-48-90)65-104(74-110)91-49-26-9-27-50-91)78-115(82-117)111-75-105(92-51-28-10-29-52-92)66-106(76-111)93-53-30-11-31-54-93/h2-83H,1H3,(H2,125,126,127). The molecule has 0 radical (unpaired) electrons. The number of hydrogen-bond acceptors (Lipinski definition) is 1. The van der Waals surface area contributed by atoms with Gasteiger partial charge in [0.05, 0.1) is 5.41 Å². The van der Waals surface area contributed by atoms with E-state index in [1.165, 1.54) is 0 Å². The molecule has 0 atom stereocenters. The maximum absolute atomic E-state index is 10.7. The van der Waals surface area contributed by atoms with Gasteiger partial charge in [-0.2, -0.15) is 0 Å². The van der Waals surface area contributed by atoms with Crippen molar-refractivity contribution in [2.45, 2.75) is 5.41 Å². The predicted octanol–water partition coefficient (Wildman–Crippen LogP) is 32.0. The van der Waals surface area contributed by atoms with Crippen molar-refractivity contribution in [1.29, 1.82) is 5.41 Å². The lowest BCUT2D eigenvalue weighted by Crippen LogP contribution is -2.29. The van der Waals surface area contributed by atoms with Crippen LogP contribution >= 0.6 is 0 Å². The molecule has 3 nitrogen and oxygen atoms in total. The van der Waals surface area contributed by atoms with Crippen molar-refractivity contribution >= 4 is 11.7 Å². The van der Waals surface area contributed by atoms with E-state index in [4.69, 9.17) is 4.99 Å². The van der Waals surface area contributed by atoms with Crippen molar-refractivity contribution < 1.29 is 0 Å². The normalized spacial score (nSPS) is 12.0. The van der Waals surface area contributed by atoms with Gasteiger partial charge >= 0.3 is 0 Å². The molecule has 0 fully saturated rings. The molecule has 3 heteroatoms. The third kappa shape index (κ3) is 15.8. The van der Waals surface area contributed by atoms with E-state index in [9.17, 15) is 5.41 Å². The summed E-state index contributed by atoms with van der Waals surface area (Å²) < 4.78 is 0. The van der Waals surface area contributed by atoms with E-state index in [0.29, 0.717) is 11.4 Å². The number of benzene rings is 20. The molecule has 20 aromatic rings. The summed E-state index contributed by atoms with van der Waals surface area (Å²) in [6, 6.07) is 183. The minimum atomic E-state index is -1.17. The van der Waals surface area contributed by atoms with Gasteiger partial charge in [-0.15, -0.1) is 0 Å². The van der Waals surface area contributed by atoms with Crippen molar-refractivity contribution in [3.63, 3.8) is 0 Å². The Morgan fingerprint density at radius 1 is 0.181 bits per heavy atom. The summed E-state index contributed by atoms with van der Waals surface area (Å²) in [4.78, 5) is 5.44. The highest BCUT2D eigenvalue weighted by Gasteiger charge is 2.47. The highest BCUT2D eigenvalue weighted by Crippen LogP contribution is 2.59. The summed E-state index contributed by atoms with van der Waals surface area (Å²) in [5, 5.41) is 14.2. The first-order valence-corrected chi connectivity index (χ1v) is 43.6. The minimum absolute atomic E-state index is 0.110. The van der Waals surface area contributed by atoms with Gasteiger partial charge in [0.25, 0.3) is 0 Å². The number of amidine groups is 2. The second-order valence-electron chi connectivity index (χ2n) is 32.9. The quantitative estimate of drug-likeness (QED) is 0.0615. The average Bonchev–Trinajstić information content (AvgIpc) is 1.55. The van der Waals surface area contributed by atoms with Crippen LogP contribution in [0, 0.1) is 5.41 Å². The third-order valence-corrected chi connectivity index (χ3v) is 25.0. The fourth-order valence-electron chi connectivity index (χ4n) is 18.8. The highest BCUT2D eigenvalue weighted by molar-refractivity contribution is 6.11. The molecule has 0 saturated carbocycles. The van der Waals surface area contributed by atoms with Crippen molar-refractivity contribution in [2.24, 2.45) is 4.99 Å². The zero-order valence-electron chi connectivity index (χ0n) is 70.3. The van der Waals surface area contributed by atoms with Gasteiger partial charge in [-0.25, -0.2) is 4.99 Å². The van der Waals surface area contributed by atoms with E-state index in [2.05, 4.69) is 503 Å². The monoisotopic (exact) mass is 1620 g/mol. The zero-order chi connectivity index (χ0) is 85.0. The molecule has 0 bridgehead atoms. The molecule has 0 unspecified atom stereocenters. The van der Waals surface area contributed by atoms with Gasteiger partial charge in [-0.05, 0) is 340 Å². The lowest BCUT2D eigenvalue weighted by molar-refractivity contribution is 0.769. The smallest absolute Gasteiger partial charge is 0.154 e. The van der Waals surface area contributed by atoms with Crippen molar-refractivity contribution in [1.82, 2.24) is 5.32 Å². The number of hydrogen-bond donors (Lipinski definition) is 2. The Bertz CT molecular complexity index is 6600. The number of nitrogens with zero attached hydrogens (tertiary/aromatic N) is 1. The molecule has 0 spiro atoms. The lowest BCUT2D eigenvalue weighted by Gasteiger charge is -2.36. The molecule has 20 aromatic carbocycles. The highest BCUT2D eigenvalue weighted by atomic mass is 15.0. The van der Waals surface area contributed by atoms with Crippen LogP contribution < -0.4 is 5.32 Å². The predicted molar refractivity (Wildman–Crippen MR) is 534 cm³/mol. The van der Waals surface area contributed by atoms with Crippen LogP contribution in [0.25, 0.3) is 178 Å². The molecule has 0 saturated heterocycles. The first kappa shape index (κ1) is 77.8. The molecule has 1 aliphatic carbocycles. The second kappa shape index (κ2) is 34.5. The van der Waals surface area contributed by atoms with Crippen LogP contribution in [0.5, 0.6) is 0 Å². The van der Waals surface area contributed by atoms with Crippen molar-refractivity contribution in [3.05, 3.63) is 531 Å². The maximum Gasteiger partial charge on any atom is 0.154 e. The Morgan fingerprint density at radius 2 is 0.394 bits per heavy atom. The van der Waals surface area contributed by atoms with E-state index >= 15 is 0 Å². The fourth-order valence-corrected chi connectivity index (χ4v) is 18.8. The third-order valence-electron chi connectivity index (χ3n) is 25.0. The fraction of sp³-hybridized carbons (Fsp3) is 0.0161. The summed E-state index contributed by atoms with van der Waals surface area (Å²) in [6.45, 7) is 0. The number of aliphatic imine (C=N–C) groups is 1. The van der Waals surface area contributed by atoms with Crippen molar-refractivity contribution in [3.8, 4) is 178 Å². The van der Waals surface area contributed by atoms with E-state index in [1.54, 1.807) is 0 Å². The van der Waals surface area contributed by atoms with Gasteiger partial charge in [0.1, 0.15) is 5.84 Å². The van der Waals surface area contributed by atoms with Crippen LogP contribution in [0.15, 0.2) is 502 Å². The Balaban J connectivity index is 0.862. The van der Waals surface area contributed by atoms with Gasteiger partial charge in [-0.3, -0.25) is 5.41 Å². The minimum Gasteiger partial charge on any atom is -0.373 e. The molecule has 21 rings (SSSR count). The summed E-state index contributed by atoms with van der Waals surface area (Å²) in [5.41, 5.74) is 39.6. The summed E-state index contributed by atoms with van der Waals surface area (Å²) >= 11 is 0. The van der Waals surface area contributed by atoms with E-state index in [0.717, 1.165) is 206 Å². The van der Waals surface area contributed by atoms with E-state index in [1.807, 2.05) is 7.05 Å². The number of nitrogens with one attached hydrogen (secondary N) is 2. The molecule has 0 aromatic heterocycles. The van der Waals surface area contributed by atoms with Gasteiger partial charge in [0.2, 0.25) is 0 Å². The van der Waals surface area contributed by atoms with Crippen LogP contribution in [-0.2, 0) is 5.41 Å². The maximum atomic E-state index is 10.7. The summed E-state index contributed by atoms with van der Waals surface area (Å²) in [7, 11) is 1.91. The number of rotatable bonds is 19. The van der Waals surface area contributed by atoms with E-state index < -0.39 is 5.41 Å². The van der Waals surface area contributed by atoms with Gasteiger partial charge in [0.15, 0.2) is 5.84 Å². The topological polar surface area (TPSA) is 48.2 Å². The molecule has 1 aliphatic rings.